The van der Waals surface area contributed by atoms with Gasteiger partial charge in [0, 0.05) is 13.0 Å². The normalized spacial score (nSPS) is 13.1. The molecular formula is C21H26ClN3O3. The van der Waals surface area contributed by atoms with Gasteiger partial charge in [0.25, 0.3) is 5.56 Å². The molecule has 3 aromatic rings. The third-order valence-corrected chi connectivity index (χ3v) is 4.95. The van der Waals surface area contributed by atoms with Gasteiger partial charge < -0.3 is 27.9 Å². The molecule has 150 valence electrons. The highest BCUT2D eigenvalue weighted by Gasteiger charge is 2.19. The second-order valence-electron chi connectivity index (χ2n) is 6.99. The first-order valence-corrected chi connectivity index (χ1v) is 9.22. The Balaban J connectivity index is 0.00000280. The summed E-state index contributed by atoms with van der Waals surface area (Å²) in [5.41, 5.74) is 2.18. The average molecular weight is 404 g/mol. The Morgan fingerprint density at radius 3 is 2.71 bits per heavy atom. The van der Waals surface area contributed by atoms with Gasteiger partial charge in [-0.3, -0.25) is 9.36 Å². The smallest absolute Gasteiger partial charge is 0.261 e. The van der Waals surface area contributed by atoms with E-state index in [2.05, 4.69) is 10.3 Å². The molecule has 1 heterocycles. The van der Waals surface area contributed by atoms with Crippen LogP contribution in [0.1, 0.15) is 30.6 Å². The number of rotatable bonds is 7. The number of aryl methyl sites for hydroxylation is 2. The zero-order valence-corrected chi connectivity index (χ0v) is 16.8. The Morgan fingerprint density at radius 2 is 1.96 bits per heavy atom. The number of phenolic OH excluding ortho intramolecular Hbond substituents is 1. The molecule has 0 radical (unpaired) electrons. The van der Waals surface area contributed by atoms with E-state index in [9.17, 15) is 15.0 Å². The topological polar surface area (TPSA) is 92.0 Å². The molecule has 28 heavy (non-hydrogen) atoms. The summed E-state index contributed by atoms with van der Waals surface area (Å²) in [4.78, 5) is 16.8. The molecule has 6 nitrogen and oxygen atoms in total. The summed E-state index contributed by atoms with van der Waals surface area (Å²) in [6, 6.07) is 12.5. The largest absolute Gasteiger partial charge is 1.00 e. The summed E-state index contributed by atoms with van der Waals surface area (Å²) in [5, 5.41) is 23.0. The summed E-state index contributed by atoms with van der Waals surface area (Å²) >= 11 is 0. The summed E-state index contributed by atoms with van der Waals surface area (Å²) in [6.07, 6.45) is 1.72. The molecule has 1 aromatic heterocycles. The molecule has 4 N–H and O–H groups in total. The summed E-state index contributed by atoms with van der Waals surface area (Å²) in [6.45, 7) is 5.13. The van der Waals surface area contributed by atoms with Crippen molar-refractivity contribution in [3.8, 4) is 5.75 Å². The zero-order valence-electron chi connectivity index (χ0n) is 16.0. The Kier molecular flexibility index (Phi) is 7.57. The van der Waals surface area contributed by atoms with Crippen molar-refractivity contribution in [3.63, 3.8) is 0 Å². The average Bonchev–Trinajstić information content (AvgIpc) is 2.68. The van der Waals surface area contributed by atoms with Crippen LogP contribution >= 0.6 is 0 Å². The number of benzene rings is 2. The fraction of sp³-hybridized carbons (Fsp3) is 0.333. The van der Waals surface area contributed by atoms with Crippen LogP contribution in [0.15, 0.2) is 53.6 Å². The molecule has 2 aromatic carbocycles. The van der Waals surface area contributed by atoms with Crippen LogP contribution in [-0.4, -0.2) is 32.4 Å². The monoisotopic (exact) mass is 403 g/mol. The van der Waals surface area contributed by atoms with E-state index >= 15 is 0 Å². The van der Waals surface area contributed by atoms with Crippen molar-refractivity contribution in [1.82, 2.24) is 9.55 Å². The molecule has 0 aliphatic rings. The molecule has 0 amide bonds. The van der Waals surface area contributed by atoms with Crippen LogP contribution in [0.4, 0.5) is 0 Å². The number of quaternary nitrogens is 1. The highest BCUT2D eigenvalue weighted by Crippen LogP contribution is 2.23. The molecule has 7 heteroatoms. The number of aliphatic hydroxyl groups excluding tert-OH is 1. The number of aliphatic hydroxyl groups is 1. The number of aromatic nitrogens is 2. The van der Waals surface area contributed by atoms with Gasteiger partial charge in [-0.1, -0.05) is 24.3 Å². The number of nitrogens with two attached hydrogens (primary N) is 1. The van der Waals surface area contributed by atoms with Crippen molar-refractivity contribution >= 4 is 10.9 Å². The molecule has 3 rings (SSSR count). The first-order chi connectivity index (χ1) is 13.0. The van der Waals surface area contributed by atoms with E-state index in [0.29, 0.717) is 23.0 Å². The number of hydrogen-bond acceptors (Lipinski definition) is 4. The zero-order chi connectivity index (χ0) is 19.4. The van der Waals surface area contributed by atoms with E-state index in [1.54, 1.807) is 29.1 Å². The highest BCUT2D eigenvalue weighted by molar-refractivity contribution is 5.76. The number of hydrogen-bond donors (Lipinski definition) is 3. The maximum Gasteiger partial charge on any atom is 0.261 e. The fourth-order valence-corrected chi connectivity index (χ4v) is 3.15. The molecule has 2 atom stereocenters. The van der Waals surface area contributed by atoms with Gasteiger partial charge in [-0.25, -0.2) is 4.98 Å². The van der Waals surface area contributed by atoms with Gasteiger partial charge in [-0.2, -0.15) is 0 Å². The maximum atomic E-state index is 12.5. The van der Waals surface area contributed by atoms with E-state index in [1.807, 2.05) is 38.1 Å². The Morgan fingerprint density at radius 1 is 1.21 bits per heavy atom. The number of para-hydroxylation sites is 1. The number of phenols is 1. The van der Waals surface area contributed by atoms with Crippen LogP contribution in [-0.2, 0) is 6.54 Å². The van der Waals surface area contributed by atoms with E-state index in [-0.39, 0.29) is 29.8 Å². The first-order valence-electron chi connectivity index (χ1n) is 9.22. The van der Waals surface area contributed by atoms with Gasteiger partial charge in [-0.05, 0) is 43.2 Å². The number of nitrogens with zero attached hydrogens (tertiary/aromatic N) is 2. The third-order valence-electron chi connectivity index (χ3n) is 4.95. The van der Waals surface area contributed by atoms with Crippen LogP contribution in [0, 0.1) is 6.92 Å². The highest BCUT2D eigenvalue weighted by atomic mass is 35.5. The van der Waals surface area contributed by atoms with E-state index in [4.69, 9.17) is 0 Å². The number of aromatic hydroxyl groups is 1. The molecule has 0 spiro atoms. The van der Waals surface area contributed by atoms with Crippen LogP contribution in [0.3, 0.4) is 0 Å². The molecule has 0 saturated carbocycles. The SMILES string of the molecule is Cc1ccc(C(O)C(C)[NH2+]CCCn2cnc3ccccc3c2=O)cc1O.[Cl-]. The summed E-state index contributed by atoms with van der Waals surface area (Å²) < 4.78 is 1.63. The van der Waals surface area contributed by atoms with Crippen LogP contribution < -0.4 is 23.3 Å². The Hall–Kier alpha value is -2.41. The van der Waals surface area contributed by atoms with Gasteiger partial charge in [0.15, 0.2) is 0 Å². The number of halogens is 1. The van der Waals surface area contributed by atoms with E-state index < -0.39 is 6.10 Å². The van der Waals surface area contributed by atoms with E-state index in [0.717, 1.165) is 18.5 Å². The summed E-state index contributed by atoms with van der Waals surface area (Å²) in [5.74, 6) is 0.196. The van der Waals surface area contributed by atoms with Crippen molar-refractivity contribution in [3.05, 3.63) is 70.3 Å². The van der Waals surface area contributed by atoms with Crippen molar-refractivity contribution in [2.75, 3.05) is 6.54 Å². The Bertz CT molecular complexity index is 990. The van der Waals surface area contributed by atoms with Crippen LogP contribution in [0.5, 0.6) is 5.75 Å². The molecule has 2 unspecified atom stereocenters. The lowest BCUT2D eigenvalue weighted by molar-refractivity contribution is -0.694. The van der Waals surface area contributed by atoms with Gasteiger partial charge in [0.05, 0.1) is 23.8 Å². The molecule has 0 saturated heterocycles. The standard InChI is InChI=1S/C21H25N3O3.ClH/c1-14-8-9-16(12-19(14)25)20(26)15(2)22-10-5-11-24-13-23-18-7-4-3-6-17(18)21(24)27;/h3-4,6-9,12-13,15,20,22,25-26H,5,10-11H2,1-2H3;1H. The van der Waals surface area contributed by atoms with Gasteiger partial charge >= 0.3 is 0 Å². The lowest BCUT2D eigenvalue weighted by Crippen LogP contribution is -3.00. The molecule has 0 bridgehead atoms. The minimum Gasteiger partial charge on any atom is -1.00 e. The number of fused-ring (bicyclic) bond motifs is 1. The van der Waals surface area contributed by atoms with Crippen molar-refractivity contribution < 1.29 is 27.9 Å². The lowest BCUT2D eigenvalue weighted by Gasteiger charge is -2.18. The minimum atomic E-state index is -0.665. The molecule has 0 aliphatic carbocycles. The lowest BCUT2D eigenvalue weighted by atomic mass is 10.0. The summed E-state index contributed by atoms with van der Waals surface area (Å²) in [7, 11) is 0. The maximum absolute atomic E-state index is 12.5. The van der Waals surface area contributed by atoms with E-state index in [1.165, 1.54) is 0 Å². The molecule has 0 fully saturated rings. The van der Waals surface area contributed by atoms with Gasteiger partial charge in [0.2, 0.25) is 0 Å². The van der Waals surface area contributed by atoms with Crippen LogP contribution in [0.2, 0.25) is 0 Å². The fourth-order valence-electron chi connectivity index (χ4n) is 3.15. The van der Waals surface area contributed by atoms with Gasteiger partial charge in [-0.15, -0.1) is 0 Å². The minimum absolute atomic E-state index is 0. The van der Waals surface area contributed by atoms with Crippen LogP contribution in [0.25, 0.3) is 10.9 Å². The molecule has 0 aliphatic heterocycles. The predicted molar refractivity (Wildman–Crippen MR) is 105 cm³/mol. The molecular weight excluding hydrogens is 378 g/mol. The Labute approximate surface area is 170 Å². The quantitative estimate of drug-likeness (QED) is 0.418. The second-order valence-corrected chi connectivity index (χ2v) is 6.99. The van der Waals surface area contributed by atoms with Crippen molar-refractivity contribution in [1.29, 1.82) is 0 Å². The van der Waals surface area contributed by atoms with Crippen molar-refractivity contribution in [2.45, 2.75) is 39.0 Å². The van der Waals surface area contributed by atoms with Crippen molar-refractivity contribution in [2.24, 2.45) is 0 Å². The van der Waals surface area contributed by atoms with Gasteiger partial charge in [0.1, 0.15) is 17.9 Å². The second kappa shape index (κ2) is 9.68. The third kappa shape index (κ3) is 4.90. The first kappa shape index (κ1) is 21.9. The predicted octanol–water partition coefficient (Wildman–Crippen LogP) is -1.51.